The van der Waals surface area contributed by atoms with E-state index in [-0.39, 0.29) is 11.9 Å². The Bertz CT molecular complexity index is 851. The third-order valence-electron chi connectivity index (χ3n) is 4.99. The van der Waals surface area contributed by atoms with E-state index in [1.165, 1.54) is 5.56 Å². The molecule has 2 aromatic carbocycles. The summed E-state index contributed by atoms with van der Waals surface area (Å²) in [4.78, 5) is 18.5. The molecule has 0 radical (unpaired) electrons. The third-order valence-corrected chi connectivity index (χ3v) is 4.99. The molecule has 3 rings (SSSR count). The van der Waals surface area contributed by atoms with Crippen molar-refractivity contribution in [3.8, 4) is 0 Å². The van der Waals surface area contributed by atoms with Crippen LogP contribution in [0.1, 0.15) is 37.1 Å². The summed E-state index contributed by atoms with van der Waals surface area (Å²) in [5, 5.41) is 1.15. The quantitative estimate of drug-likeness (QED) is 0.687. The van der Waals surface area contributed by atoms with E-state index in [9.17, 15) is 4.79 Å². The van der Waals surface area contributed by atoms with Crippen molar-refractivity contribution in [3.05, 3.63) is 71.4 Å². The first-order valence-electron chi connectivity index (χ1n) is 8.99. The highest BCUT2D eigenvalue weighted by molar-refractivity contribution is 5.90. The minimum atomic E-state index is 0.186. The maximum absolute atomic E-state index is 13.1. The molecular formula is C22H26N2O. The normalized spacial score (nSPS) is 12.3. The van der Waals surface area contributed by atoms with Crippen LogP contribution in [0.4, 0.5) is 0 Å². The number of H-pyrrole nitrogens is 1. The summed E-state index contributed by atoms with van der Waals surface area (Å²) in [6, 6.07) is 18.6. The fourth-order valence-corrected chi connectivity index (χ4v) is 3.31. The van der Waals surface area contributed by atoms with Crippen molar-refractivity contribution in [2.75, 3.05) is 0 Å². The first-order valence-corrected chi connectivity index (χ1v) is 8.99. The molecule has 0 aliphatic heterocycles. The highest BCUT2D eigenvalue weighted by atomic mass is 16.2. The predicted molar refractivity (Wildman–Crippen MR) is 103 cm³/mol. The van der Waals surface area contributed by atoms with Crippen molar-refractivity contribution < 1.29 is 4.79 Å². The van der Waals surface area contributed by atoms with Crippen LogP contribution in [0.5, 0.6) is 0 Å². The molecule has 1 heterocycles. The number of carbonyl (C=O) groups excluding carboxylic acids is 1. The molecule has 0 spiro atoms. The molecule has 0 aliphatic carbocycles. The lowest BCUT2D eigenvalue weighted by molar-refractivity contribution is -0.133. The molecule has 0 bridgehead atoms. The number of carbonyl (C=O) groups is 1. The van der Waals surface area contributed by atoms with E-state index in [2.05, 4.69) is 43.1 Å². The zero-order chi connectivity index (χ0) is 17.8. The zero-order valence-corrected chi connectivity index (χ0v) is 15.3. The lowest BCUT2D eigenvalue weighted by atomic mass is 10.1. The van der Waals surface area contributed by atoms with Gasteiger partial charge < -0.3 is 9.88 Å². The van der Waals surface area contributed by atoms with E-state index in [1.807, 2.05) is 42.2 Å². The minimum absolute atomic E-state index is 0.186. The van der Waals surface area contributed by atoms with Gasteiger partial charge >= 0.3 is 0 Å². The van der Waals surface area contributed by atoms with Crippen LogP contribution in [0.15, 0.2) is 54.6 Å². The lowest BCUT2D eigenvalue weighted by Crippen LogP contribution is -2.38. The Morgan fingerprint density at radius 2 is 1.76 bits per heavy atom. The van der Waals surface area contributed by atoms with E-state index >= 15 is 0 Å². The Balaban J connectivity index is 1.86. The van der Waals surface area contributed by atoms with Gasteiger partial charge in [0.1, 0.15) is 0 Å². The summed E-state index contributed by atoms with van der Waals surface area (Å²) in [7, 11) is 0. The molecule has 3 aromatic rings. The van der Waals surface area contributed by atoms with Gasteiger partial charge in [-0.1, -0.05) is 55.5 Å². The van der Waals surface area contributed by atoms with Crippen molar-refractivity contribution in [2.45, 2.75) is 46.2 Å². The molecule has 130 valence electrons. The predicted octanol–water partition coefficient (Wildman–Crippen LogP) is 4.85. The van der Waals surface area contributed by atoms with Crippen LogP contribution in [-0.4, -0.2) is 21.8 Å². The van der Waals surface area contributed by atoms with E-state index in [4.69, 9.17) is 0 Å². The van der Waals surface area contributed by atoms with Gasteiger partial charge in [0.15, 0.2) is 0 Å². The highest BCUT2D eigenvalue weighted by Gasteiger charge is 2.21. The van der Waals surface area contributed by atoms with Crippen LogP contribution < -0.4 is 0 Å². The largest absolute Gasteiger partial charge is 0.358 e. The number of nitrogens with zero attached hydrogens (tertiary/aromatic N) is 1. The van der Waals surface area contributed by atoms with Gasteiger partial charge in [0.05, 0.1) is 6.42 Å². The second-order valence-electron chi connectivity index (χ2n) is 6.72. The zero-order valence-electron chi connectivity index (χ0n) is 15.3. The second kappa shape index (κ2) is 7.56. The second-order valence-corrected chi connectivity index (χ2v) is 6.72. The van der Waals surface area contributed by atoms with E-state index < -0.39 is 0 Å². The Morgan fingerprint density at radius 1 is 1.08 bits per heavy atom. The van der Waals surface area contributed by atoms with Gasteiger partial charge in [-0.25, -0.2) is 0 Å². The van der Waals surface area contributed by atoms with Crippen molar-refractivity contribution >= 4 is 16.8 Å². The van der Waals surface area contributed by atoms with Crippen LogP contribution >= 0.6 is 0 Å². The maximum atomic E-state index is 13.1. The van der Waals surface area contributed by atoms with Crippen LogP contribution in [0.25, 0.3) is 10.9 Å². The molecule has 3 heteroatoms. The highest BCUT2D eigenvalue weighted by Crippen LogP contribution is 2.23. The standard InChI is InChI=1S/C22H26N2O/c1-4-16(2)24(15-18-10-6-5-7-11-18)22(25)14-20-17(3)23-21-13-9-8-12-19(20)21/h5-13,16,23H,4,14-15H2,1-3H3. The van der Waals surface area contributed by atoms with Gasteiger partial charge in [-0.05, 0) is 37.5 Å². The molecule has 1 aromatic heterocycles. The molecule has 3 nitrogen and oxygen atoms in total. The minimum Gasteiger partial charge on any atom is -0.358 e. The van der Waals surface area contributed by atoms with Crippen molar-refractivity contribution in [1.29, 1.82) is 0 Å². The van der Waals surface area contributed by atoms with E-state index in [0.29, 0.717) is 13.0 Å². The number of hydrogen-bond donors (Lipinski definition) is 1. The Morgan fingerprint density at radius 3 is 2.48 bits per heavy atom. The summed E-state index contributed by atoms with van der Waals surface area (Å²) in [6.45, 7) is 6.97. The van der Waals surface area contributed by atoms with E-state index in [1.54, 1.807) is 0 Å². The number of aromatic nitrogens is 1. The van der Waals surface area contributed by atoms with Gasteiger partial charge in [0, 0.05) is 29.2 Å². The molecule has 25 heavy (non-hydrogen) atoms. The van der Waals surface area contributed by atoms with Gasteiger partial charge in [-0.15, -0.1) is 0 Å². The number of rotatable bonds is 6. The number of para-hydroxylation sites is 1. The average molecular weight is 334 g/mol. The lowest BCUT2D eigenvalue weighted by Gasteiger charge is -2.29. The summed E-state index contributed by atoms with van der Waals surface area (Å²) in [6.07, 6.45) is 1.39. The topological polar surface area (TPSA) is 36.1 Å². The first-order chi connectivity index (χ1) is 12.1. The summed E-state index contributed by atoms with van der Waals surface area (Å²) in [5.74, 6) is 0.186. The molecule has 0 fully saturated rings. The molecule has 0 saturated carbocycles. The number of aryl methyl sites for hydroxylation is 1. The number of amides is 1. The molecule has 1 atom stereocenters. The molecule has 1 unspecified atom stereocenters. The van der Waals surface area contributed by atoms with Crippen molar-refractivity contribution in [1.82, 2.24) is 9.88 Å². The van der Waals surface area contributed by atoms with Gasteiger partial charge in [-0.3, -0.25) is 4.79 Å². The SMILES string of the molecule is CCC(C)N(Cc1ccccc1)C(=O)Cc1c(C)[nH]c2ccccc12. The maximum Gasteiger partial charge on any atom is 0.227 e. The Labute approximate surface area is 149 Å². The monoisotopic (exact) mass is 334 g/mol. The van der Waals surface area contributed by atoms with Gasteiger partial charge in [0.2, 0.25) is 5.91 Å². The summed E-state index contributed by atoms with van der Waals surface area (Å²) >= 11 is 0. The number of aromatic amines is 1. The van der Waals surface area contributed by atoms with Gasteiger partial charge in [0.25, 0.3) is 0 Å². The molecule has 0 aliphatic rings. The molecular weight excluding hydrogens is 308 g/mol. The average Bonchev–Trinajstić information content (AvgIpc) is 2.95. The van der Waals surface area contributed by atoms with Crippen LogP contribution in [-0.2, 0) is 17.8 Å². The third kappa shape index (κ3) is 3.76. The molecule has 0 saturated heterocycles. The van der Waals surface area contributed by atoms with Crippen molar-refractivity contribution in [3.63, 3.8) is 0 Å². The van der Waals surface area contributed by atoms with Crippen LogP contribution in [0.3, 0.4) is 0 Å². The Hall–Kier alpha value is -2.55. The van der Waals surface area contributed by atoms with Crippen LogP contribution in [0, 0.1) is 6.92 Å². The number of hydrogen-bond acceptors (Lipinski definition) is 1. The fourth-order valence-electron chi connectivity index (χ4n) is 3.31. The summed E-state index contributed by atoms with van der Waals surface area (Å²) < 4.78 is 0. The number of nitrogens with one attached hydrogen (secondary N) is 1. The fraction of sp³-hybridized carbons (Fsp3) is 0.318. The number of fused-ring (bicyclic) bond motifs is 1. The summed E-state index contributed by atoms with van der Waals surface area (Å²) in [5.41, 5.74) is 4.47. The molecule has 1 amide bonds. The van der Waals surface area contributed by atoms with Crippen molar-refractivity contribution in [2.24, 2.45) is 0 Å². The van der Waals surface area contributed by atoms with Gasteiger partial charge in [-0.2, -0.15) is 0 Å². The van der Waals surface area contributed by atoms with E-state index in [0.717, 1.165) is 28.6 Å². The molecule has 1 N–H and O–H groups in total. The Kier molecular flexibility index (Phi) is 5.22. The smallest absolute Gasteiger partial charge is 0.227 e. The number of benzene rings is 2. The first kappa shape index (κ1) is 17.3. The van der Waals surface area contributed by atoms with Crippen LogP contribution in [0.2, 0.25) is 0 Å².